The van der Waals surface area contributed by atoms with Crippen LogP contribution in [0.4, 0.5) is 0 Å². The first-order valence-electron chi connectivity index (χ1n) is 6.72. The number of ether oxygens (including phenoxy) is 1. The highest BCUT2D eigenvalue weighted by Crippen LogP contribution is 2.11. The van der Waals surface area contributed by atoms with E-state index in [0.717, 1.165) is 26.2 Å². The van der Waals surface area contributed by atoms with Crippen molar-refractivity contribution in [3.05, 3.63) is 0 Å². The molecule has 1 aliphatic heterocycles. The third-order valence-electron chi connectivity index (χ3n) is 3.18. The lowest BCUT2D eigenvalue weighted by atomic mass is 10.1. The van der Waals surface area contributed by atoms with Gasteiger partial charge < -0.3 is 10.1 Å². The van der Waals surface area contributed by atoms with Crippen LogP contribution in [0.25, 0.3) is 0 Å². The van der Waals surface area contributed by atoms with Gasteiger partial charge in [0.05, 0.1) is 12.7 Å². The van der Waals surface area contributed by atoms with Crippen molar-refractivity contribution in [3.8, 4) is 0 Å². The molecule has 2 atom stereocenters. The fourth-order valence-corrected chi connectivity index (χ4v) is 2.33. The van der Waals surface area contributed by atoms with Crippen LogP contribution in [-0.4, -0.2) is 49.3 Å². The summed E-state index contributed by atoms with van der Waals surface area (Å²) in [5.41, 5.74) is 0. The van der Waals surface area contributed by atoms with Gasteiger partial charge in [0.1, 0.15) is 0 Å². The highest BCUT2D eigenvalue weighted by atomic mass is 16.5. The summed E-state index contributed by atoms with van der Waals surface area (Å²) in [6.45, 7) is 13.0. The summed E-state index contributed by atoms with van der Waals surface area (Å²) in [7, 11) is 0. The van der Waals surface area contributed by atoms with Gasteiger partial charge in [-0.3, -0.25) is 4.90 Å². The van der Waals surface area contributed by atoms with Gasteiger partial charge in [0.15, 0.2) is 0 Å². The van der Waals surface area contributed by atoms with Gasteiger partial charge in [-0.2, -0.15) is 0 Å². The Bertz CT molecular complexity index is 185. The van der Waals surface area contributed by atoms with Gasteiger partial charge in [0.25, 0.3) is 0 Å². The van der Waals surface area contributed by atoms with Crippen LogP contribution >= 0.6 is 0 Å². The summed E-state index contributed by atoms with van der Waals surface area (Å²) in [5, 5.41) is 3.56. The molecular weight excluding hydrogens is 200 g/mol. The van der Waals surface area contributed by atoms with E-state index >= 15 is 0 Å². The van der Waals surface area contributed by atoms with Gasteiger partial charge >= 0.3 is 0 Å². The molecule has 16 heavy (non-hydrogen) atoms. The van der Waals surface area contributed by atoms with E-state index in [4.69, 9.17) is 4.74 Å². The van der Waals surface area contributed by atoms with Crippen LogP contribution in [0.3, 0.4) is 0 Å². The summed E-state index contributed by atoms with van der Waals surface area (Å²) < 4.78 is 5.64. The topological polar surface area (TPSA) is 24.5 Å². The zero-order chi connectivity index (χ0) is 12.0. The zero-order valence-corrected chi connectivity index (χ0v) is 11.3. The lowest BCUT2D eigenvalue weighted by Crippen LogP contribution is -2.56. The Kier molecular flexibility index (Phi) is 6.32. The molecule has 1 saturated heterocycles. The molecule has 0 radical (unpaired) electrons. The summed E-state index contributed by atoms with van der Waals surface area (Å²) in [5.74, 6) is 0. The second-order valence-corrected chi connectivity index (χ2v) is 5.17. The average Bonchev–Trinajstić information content (AvgIpc) is 2.21. The lowest BCUT2D eigenvalue weighted by Gasteiger charge is -2.39. The van der Waals surface area contributed by atoms with E-state index in [0.29, 0.717) is 18.2 Å². The molecule has 0 aromatic carbocycles. The summed E-state index contributed by atoms with van der Waals surface area (Å²) in [4.78, 5) is 2.59. The number of piperazine rings is 1. The molecule has 0 amide bonds. The highest BCUT2D eigenvalue weighted by Gasteiger charge is 2.24. The van der Waals surface area contributed by atoms with Gasteiger partial charge in [-0.1, -0.05) is 13.3 Å². The minimum Gasteiger partial charge on any atom is -0.377 e. The number of hydrogen-bond acceptors (Lipinski definition) is 3. The van der Waals surface area contributed by atoms with E-state index in [2.05, 4.69) is 37.9 Å². The Hall–Kier alpha value is -0.120. The molecule has 1 rings (SSSR count). The normalized spacial score (nSPS) is 27.6. The molecule has 0 aromatic heterocycles. The maximum atomic E-state index is 5.64. The Labute approximate surface area is 101 Å². The number of nitrogens with one attached hydrogen (secondary N) is 1. The first kappa shape index (κ1) is 13.9. The monoisotopic (exact) mass is 228 g/mol. The third-order valence-corrected chi connectivity index (χ3v) is 3.18. The third kappa shape index (κ3) is 4.81. The number of hydrogen-bond donors (Lipinski definition) is 1. The predicted octanol–water partition coefficient (Wildman–Crippen LogP) is 1.87. The minimum absolute atomic E-state index is 0.352. The van der Waals surface area contributed by atoms with E-state index in [-0.39, 0.29) is 0 Å². The maximum absolute atomic E-state index is 5.64. The van der Waals surface area contributed by atoms with Gasteiger partial charge in [-0.15, -0.1) is 0 Å². The molecule has 3 heteroatoms. The second kappa shape index (κ2) is 7.25. The quantitative estimate of drug-likeness (QED) is 0.751. The fourth-order valence-electron chi connectivity index (χ4n) is 2.33. The Morgan fingerprint density at radius 1 is 1.44 bits per heavy atom. The molecule has 0 aromatic rings. The van der Waals surface area contributed by atoms with E-state index in [1.165, 1.54) is 12.8 Å². The molecular formula is C13H28N2O. The average molecular weight is 228 g/mol. The van der Waals surface area contributed by atoms with Crippen molar-refractivity contribution < 1.29 is 4.74 Å². The number of rotatable bonds is 6. The first-order chi connectivity index (χ1) is 7.63. The van der Waals surface area contributed by atoms with Crippen molar-refractivity contribution in [2.75, 3.05) is 26.2 Å². The van der Waals surface area contributed by atoms with Crippen LogP contribution in [0.5, 0.6) is 0 Å². The molecule has 0 spiro atoms. The van der Waals surface area contributed by atoms with Crippen LogP contribution in [0, 0.1) is 0 Å². The Morgan fingerprint density at radius 2 is 2.19 bits per heavy atom. The molecule has 2 unspecified atom stereocenters. The predicted molar refractivity (Wildman–Crippen MR) is 68.8 cm³/mol. The largest absolute Gasteiger partial charge is 0.377 e. The van der Waals surface area contributed by atoms with Crippen LogP contribution in [0.15, 0.2) is 0 Å². The maximum Gasteiger partial charge on any atom is 0.0597 e. The SMILES string of the molecule is CCCC1CNC(C)CN1CCOC(C)C. The molecule has 0 saturated carbocycles. The molecule has 3 nitrogen and oxygen atoms in total. The van der Waals surface area contributed by atoms with Crippen LogP contribution in [0.2, 0.25) is 0 Å². The fraction of sp³-hybridized carbons (Fsp3) is 1.00. The molecule has 0 aliphatic carbocycles. The summed E-state index contributed by atoms with van der Waals surface area (Å²) in [6.07, 6.45) is 2.91. The lowest BCUT2D eigenvalue weighted by molar-refractivity contribution is 0.0361. The van der Waals surface area contributed by atoms with Crippen molar-refractivity contribution in [2.24, 2.45) is 0 Å². The van der Waals surface area contributed by atoms with Crippen molar-refractivity contribution in [1.82, 2.24) is 10.2 Å². The van der Waals surface area contributed by atoms with Crippen LogP contribution < -0.4 is 5.32 Å². The van der Waals surface area contributed by atoms with Crippen molar-refractivity contribution >= 4 is 0 Å². The molecule has 96 valence electrons. The molecule has 1 heterocycles. The Morgan fingerprint density at radius 3 is 2.81 bits per heavy atom. The highest BCUT2D eigenvalue weighted by molar-refractivity contribution is 4.83. The van der Waals surface area contributed by atoms with E-state index in [1.807, 2.05) is 0 Å². The van der Waals surface area contributed by atoms with Gasteiger partial charge in [0.2, 0.25) is 0 Å². The standard InChI is InChI=1S/C13H28N2O/c1-5-6-13-9-14-12(4)10-15(13)7-8-16-11(2)3/h11-14H,5-10H2,1-4H3. The number of nitrogens with zero attached hydrogens (tertiary/aromatic N) is 1. The van der Waals surface area contributed by atoms with E-state index < -0.39 is 0 Å². The van der Waals surface area contributed by atoms with Gasteiger partial charge in [-0.25, -0.2) is 0 Å². The molecule has 1 fully saturated rings. The smallest absolute Gasteiger partial charge is 0.0597 e. The van der Waals surface area contributed by atoms with Gasteiger partial charge in [0, 0.05) is 31.7 Å². The van der Waals surface area contributed by atoms with E-state index in [1.54, 1.807) is 0 Å². The van der Waals surface area contributed by atoms with Crippen molar-refractivity contribution in [1.29, 1.82) is 0 Å². The van der Waals surface area contributed by atoms with Crippen molar-refractivity contribution in [2.45, 2.75) is 58.7 Å². The van der Waals surface area contributed by atoms with Crippen LogP contribution in [0.1, 0.15) is 40.5 Å². The molecule has 1 N–H and O–H groups in total. The summed E-state index contributed by atoms with van der Waals surface area (Å²) in [6, 6.07) is 1.32. The van der Waals surface area contributed by atoms with Gasteiger partial charge in [-0.05, 0) is 27.2 Å². The zero-order valence-electron chi connectivity index (χ0n) is 11.3. The summed E-state index contributed by atoms with van der Waals surface area (Å²) >= 11 is 0. The molecule has 0 bridgehead atoms. The van der Waals surface area contributed by atoms with Crippen LogP contribution in [-0.2, 0) is 4.74 Å². The first-order valence-corrected chi connectivity index (χ1v) is 6.72. The minimum atomic E-state index is 0.352. The second-order valence-electron chi connectivity index (χ2n) is 5.17. The Balaban J connectivity index is 2.32. The van der Waals surface area contributed by atoms with E-state index in [9.17, 15) is 0 Å². The van der Waals surface area contributed by atoms with Crippen molar-refractivity contribution in [3.63, 3.8) is 0 Å². The molecule has 1 aliphatic rings.